The Morgan fingerprint density at radius 2 is 1.89 bits per heavy atom. The molecule has 1 aliphatic rings. The Morgan fingerprint density at radius 3 is 2.39 bits per heavy atom. The number of nitrogens with one attached hydrogen (secondary N) is 1. The Balaban J connectivity index is 2.25. The Hall–Kier alpha value is -0.530. The molecule has 0 aliphatic carbocycles. The predicted octanol–water partition coefficient (Wildman–Crippen LogP) is 6.60. The van der Waals surface area contributed by atoms with E-state index in [-0.39, 0.29) is 17.9 Å². The van der Waals surface area contributed by atoms with Gasteiger partial charge in [-0.3, -0.25) is 5.32 Å². The minimum Gasteiger partial charge on any atom is -0.485 e. The standard InChI is InChI=1S/C13H14Cl3F5N2O3S2/c1-27-23-5-8(6-23)26-11-3-2-9(28(17,18,19,20)21)4-10(11)22-12(24)25-7-13(14,15)16/h2-4,8H,5-7H2,1H3,(H,22,24). The van der Waals surface area contributed by atoms with Crippen LogP contribution in [0.1, 0.15) is 0 Å². The van der Waals surface area contributed by atoms with Crippen LogP contribution in [0.5, 0.6) is 5.75 Å². The highest BCUT2D eigenvalue weighted by atomic mass is 35.6. The van der Waals surface area contributed by atoms with Crippen molar-refractivity contribution in [3.63, 3.8) is 0 Å². The van der Waals surface area contributed by atoms with Crippen LogP contribution < -0.4 is 10.1 Å². The highest BCUT2D eigenvalue weighted by Gasteiger charge is 2.65. The maximum Gasteiger partial charge on any atom is 0.411 e. The van der Waals surface area contributed by atoms with Crippen LogP contribution in [-0.4, -0.2) is 46.2 Å². The second-order valence-electron chi connectivity index (χ2n) is 5.71. The summed E-state index contributed by atoms with van der Waals surface area (Å²) in [7, 11) is -9.98. The summed E-state index contributed by atoms with van der Waals surface area (Å²) >= 11 is 17.7. The van der Waals surface area contributed by atoms with Crippen molar-refractivity contribution in [2.75, 3.05) is 31.3 Å². The Morgan fingerprint density at radius 1 is 1.29 bits per heavy atom. The molecule has 0 unspecified atom stereocenters. The van der Waals surface area contributed by atoms with Crippen molar-refractivity contribution < 1.29 is 33.7 Å². The number of benzene rings is 1. The number of ether oxygens (including phenoxy) is 2. The summed E-state index contributed by atoms with van der Waals surface area (Å²) < 4.78 is 75.4. The van der Waals surface area contributed by atoms with Crippen LogP contribution in [-0.2, 0) is 4.74 Å². The van der Waals surface area contributed by atoms with Gasteiger partial charge in [0.05, 0.1) is 5.69 Å². The number of amides is 1. The number of hydrogen-bond acceptors (Lipinski definition) is 5. The fraction of sp³-hybridized carbons (Fsp3) is 0.462. The molecule has 1 aliphatic heterocycles. The normalized spacial score (nSPS) is 18.6. The molecule has 1 heterocycles. The van der Waals surface area contributed by atoms with Gasteiger partial charge >= 0.3 is 16.3 Å². The minimum atomic E-state index is -9.98. The number of anilines is 1. The Bertz CT molecular complexity index is 758. The van der Waals surface area contributed by atoms with Crippen molar-refractivity contribution >= 4 is 68.8 Å². The molecule has 15 heteroatoms. The molecule has 1 saturated heterocycles. The van der Waals surface area contributed by atoms with Gasteiger partial charge in [-0.05, 0) is 24.5 Å². The molecule has 1 N–H and O–H groups in total. The Kier molecular flexibility index (Phi) is 6.20. The molecule has 0 atom stereocenters. The van der Waals surface area contributed by atoms with E-state index in [1.807, 2.05) is 15.9 Å². The number of carbonyl (C=O) groups is 1. The molecule has 1 amide bonds. The maximum absolute atomic E-state index is 13.1. The lowest BCUT2D eigenvalue weighted by Gasteiger charge is -2.41. The molecule has 1 aromatic rings. The number of nitrogens with zero attached hydrogens (tertiary/aromatic N) is 1. The van der Waals surface area contributed by atoms with E-state index >= 15 is 0 Å². The third-order valence-electron chi connectivity index (χ3n) is 3.37. The number of alkyl halides is 3. The highest BCUT2D eigenvalue weighted by molar-refractivity contribution is 8.45. The van der Waals surface area contributed by atoms with Crippen molar-refractivity contribution in [2.24, 2.45) is 0 Å². The first-order chi connectivity index (χ1) is 12.5. The predicted molar refractivity (Wildman–Crippen MR) is 103 cm³/mol. The van der Waals surface area contributed by atoms with E-state index < -0.39 is 43.4 Å². The fourth-order valence-electron chi connectivity index (χ4n) is 2.05. The molecule has 0 spiro atoms. The van der Waals surface area contributed by atoms with Crippen LogP contribution in [0.2, 0.25) is 0 Å². The van der Waals surface area contributed by atoms with Gasteiger partial charge in [0.1, 0.15) is 23.4 Å². The van der Waals surface area contributed by atoms with Gasteiger partial charge in [-0.25, -0.2) is 9.10 Å². The Labute approximate surface area is 176 Å². The van der Waals surface area contributed by atoms with E-state index in [1.165, 1.54) is 11.9 Å². The molecule has 0 bridgehead atoms. The summed E-state index contributed by atoms with van der Waals surface area (Å²) in [6, 6.07) is 0.984. The summed E-state index contributed by atoms with van der Waals surface area (Å²) in [4.78, 5) is 9.57. The zero-order chi connectivity index (χ0) is 21.4. The molecular weight excluding hydrogens is 498 g/mol. The SMILES string of the molecule is CSN1CC(Oc2ccc(S(F)(F)(F)(F)F)cc2NC(=O)OCC(Cl)(Cl)Cl)C1. The van der Waals surface area contributed by atoms with Gasteiger partial charge in [0.2, 0.25) is 3.79 Å². The van der Waals surface area contributed by atoms with E-state index in [9.17, 15) is 24.2 Å². The average Bonchev–Trinajstić information content (AvgIpc) is 2.46. The lowest BCUT2D eigenvalue weighted by Crippen LogP contribution is -2.49. The van der Waals surface area contributed by atoms with Crippen LogP contribution in [0.15, 0.2) is 23.1 Å². The maximum atomic E-state index is 13.1. The molecular formula is C13H14Cl3F5N2O3S2. The van der Waals surface area contributed by atoms with Crippen LogP contribution >= 0.6 is 57.0 Å². The average molecular weight is 512 g/mol. The molecule has 1 fully saturated rings. The molecule has 5 nitrogen and oxygen atoms in total. The summed E-state index contributed by atoms with van der Waals surface area (Å²) in [6.45, 7) is 0.204. The van der Waals surface area contributed by atoms with Crippen LogP contribution in [0.25, 0.3) is 0 Å². The van der Waals surface area contributed by atoms with Crippen molar-refractivity contribution in [3.8, 4) is 5.75 Å². The van der Waals surface area contributed by atoms with Crippen molar-refractivity contribution in [2.45, 2.75) is 14.8 Å². The summed E-state index contributed by atoms with van der Waals surface area (Å²) in [5, 5.41) is 1.91. The lowest BCUT2D eigenvalue weighted by molar-refractivity contribution is 0.0845. The quantitative estimate of drug-likeness (QED) is 0.265. The second-order valence-corrected chi connectivity index (χ2v) is 11.5. The largest absolute Gasteiger partial charge is 0.485 e. The van der Waals surface area contributed by atoms with Gasteiger partial charge in [-0.15, -0.1) is 0 Å². The first-order valence-electron chi connectivity index (χ1n) is 7.31. The minimum absolute atomic E-state index is 0.0818. The second kappa shape index (κ2) is 7.31. The third kappa shape index (κ3) is 7.06. The molecule has 0 saturated carbocycles. The van der Waals surface area contributed by atoms with Gasteiger partial charge < -0.3 is 9.47 Å². The first kappa shape index (κ1) is 23.7. The molecule has 0 radical (unpaired) electrons. The number of halogens is 8. The van der Waals surface area contributed by atoms with Crippen molar-refractivity contribution in [3.05, 3.63) is 18.2 Å². The van der Waals surface area contributed by atoms with Gasteiger partial charge in [0, 0.05) is 13.1 Å². The summed E-state index contributed by atoms with van der Waals surface area (Å²) in [5.74, 6) is -0.234. The monoisotopic (exact) mass is 510 g/mol. The van der Waals surface area contributed by atoms with Crippen molar-refractivity contribution in [1.29, 1.82) is 0 Å². The topological polar surface area (TPSA) is 50.8 Å². The van der Waals surface area contributed by atoms with E-state index in [0.29, 0.717) is 19.2 Å². The smallest absolute Gasteiger partial charge is 0.411 e. The summed E-state index contributed by atoms with van der Waals surface area (Å²) in [6.07, 6.45) is 0.124. The molecule has 1 aromatic carbocycles. The van der Waals surface area contributed by atoms with Crippen LogP contribution in [0.3, 0.4) is 0 Å². The fourth-order valence-corrected chi connectivity index (χ4v) is 3.51. The van der Waals surface area contributed by atoms with Crippen LogP contribution in [0, 0.1) is 0 Å². The molecule has 162 valence electrons. The van der Waals surface area contributed by atoms with Gasteiger partial charge in [-0.2, -0.15) is 0 Å². The molecule has 0 aromatic heterocycles. The van der Waals surface area contributed by atoms with E-state index in [2.05, 4.69) is 4.74 Å². The van der Waals surface area contributed by atoms with E-state index in [0.717, 1.165) is 0 Å². The first-order valence-corrected chi connectivity index (χ1v) is 11.6. The summed E-state index contributed by atoms with van der Waals surface area (Å²) in [5.41, 5.74) is -0.650. The molecule has 28 heavy (non-hydrogen) atoms. The van der Waals surface area contributed by atoms with E-state index in [1.54, 1.807) is 0 Å². The number of rotatable bonds is 6. The number of hydrogen-bond donors (Lipinski definition) is 1. The highest BCUT2D eigenvalue weighted by Crippen LogP contribution is 3.02. The molecule has 2 rings (SSSR count). The zero-order valence-electron chi connectivity index (χ0n) is 13.9. The van der Waals surface area contributed by atoms with E-state index in [4.69, 9.17) is 39.5 Å². The number of carbonyl (C=O) groups excluding carboxylic acids is 1. The van der Waals surface area contributed by atoms with Gasteiger partial charge in [-0.1, -0.05) is 66.2 Å². The van der Waals surface area contributed by atoms with Gasteiger partial charge in [0.25, 0.3) is 0 Å². The van der Waals surface area contributed by atoms with Crippen LogP contribution in [0.4, 0.5) is 29.9 Å². The zero-order valence-corrected chi connectivity index (χ0v) is 17.8. The van der Waals surface area contributed by atoms with Crippen molar-refractivity contribution in [1.82, 2.24) is 4.31 Å². The lowest BCUT2D eigenvalue weighted by atomic mass is 10.2. The van der Waals surface area contributed by atoms with Gasteiger partial charge in [0.15, 0.2) is 0 Å². The third-order valence-corrected chi connectivity index (χ3v) is 5.65.